The van der Waals surface area contributed by atoms with Crippen LogP contribution in [0, 0.1) is 27.2 Å². The molecule has 1 aliphatic rings. The van der Waals surface area contributed by atoms with Crippen LogP contribution in [0.2, 0.25) is 0 Å². The molecule has 0 saturated carbocycles. The lowest BCUT2D eigenvalue weighted by Crippen LogP contribution is -2.31. The van der Waals surface area contributed by atoms with Gasteiger partial charge in [-0.25, -0.2) is 0 Å². The second-order valence-electron chi connectivity index (χ2n) is 8.55. The maximum Gasteiger partial charge on any atom is 0.333 e. The molecular formula is C25H24N6O6S. The van der Waals surface area contributed by atoms with Crippen molar-refractivity contribution in [2.24, 2.45) is 10.2 Å². The summed E-state index contributed by atoms with van der Waals surface area (Å²) in [5.74, 6) is -0.498. The van der Waals surface area contributed by atoms with Crippen molar-refractivity contribution in [2.45, 2.75) is 26.7 Å². The summed E-state index contributed by atoms with van der Waals surface area (Å²) in [6.07, 6.45) is 1.43. The molecule has 38 heavy (non-hydrogen) atoms. The highest BCUT2D eigenvalue weighted by Gasteiger charge is 2.34. The molecule has 2 amide bonds. The average Bonchev–Trinajstić information content (AvgIpc) is 3.44. The molecule has 2 heterocycles. The first-order chi connectivity index (χ1) is 18.2. The molecule has 0 bridgehead atoms. The van der Waals surface area contributed by atoms with Crippen molar-refractivity contribution in [3.63, 3.8) is 0 Å². The van der Waals surface area contributed by atoms with E-state index in [2.05, 4.69) is 15.1 Å². The summed E-state index contributed by atoms with van der Waals surface area (Å²) >= 11 is 0.595. The molecule has 0 unspecified atom stereocenters. The summed E-state index contributed by atoms with van der Waals surface area (Å²) in [6.45, 7) is 5.66. The largest absolute Gasteiger partial charge is 0.372 e. The van der Waals surface area contributed by atoms with E-state index in [1.54, 1.807) is 30.3 Å². The number of azo groups is 1. The van der Waals surface area contributed by atoms with Gasteiger partial charge in [-0.1, -0.05) is 12.1 Å². The minimum Gasteiger partial charge on any atom is -0.372 e. The fourth-order valence-electron chi connectivity index (χ4n) is 4.18. The van der Waals surface area contributed by atoms with Gasteiger partial charge in [0.25, 0.3) is 11.8 Å². The van der Waals surface area contributed by atoms with Crippen molar-refractivity contribution in [2.75, 3.05) is 24.5 Å². The predicted octanol–water partition coefficient (Wildman–Crippen LogP) is 6.19. The number of nitro groups is 2. The number of hydrogen-bond acceptors (Lipinski definition) is 10. The molecule has 2 aromatic carbocycles. The maximum absolute atomic E-state index is 12.5. The molecule has 3 aromatic rings. The third-order valence-corrected chi connectivity index (χ3v) is 7.13. The topological polar surface area (TPSA) is 152 Å². The van der Waals surface area contributed by atoms with Crippen LogP contribution in [-0.2, 0) is 0 Å². The van der Waals surface area contributed by atoms with E-state index in [0.717, 1.165) is 30.3 Å². The first-order valence-corrected chi connectivity index (χ1v) is 12.7. The summed E-state index contributed by atoms with van der Waals surface area (Å²) in [6, 6.07) is 13.2. The van der Waals surface area contributed by atoms with Gasteiger partial charge < -0.3 is 4.90 Å². The Morgan fingerprint density at radius 2 is 1.63 bits per heavy atom. The standard InChI is InChI=1S/C25H24N6O6S/c1-3-28(12-6-7-13-29-24(32)18-8-4-5-9-19(18)25(29)33)17-10-11-20(16(2)14-17)26-27-23-21(30(34)35)15-22(38-23)31(36)37/h4-5,8-11,14-15H,3,6-7,12-13H2,1-2H3. The number of aryl methyl sites for hydroxylation is 1. The lowest BCUT2D eigenvalue weighted by atomic mass is 10.1. The zero-order chi connectivity index (χ0) is 27.4. The predicted molar refractivity (Wildman–Crippen MR) is 142 cm³/mol. The Morgan fingerprint density at radius 1 is 0.947 bits per heavy atom. The van der Waals surface area contributed by atoms with E-state index in [1.807, 2.05) is 26.0 Å². The number of benzene rings is 2. The highest BCUT2D eigenvalue weighted by molar-refractivity contribution is 7.19. The lowest BCUT2D eigenvalue weighted by molar-refractivity contribution is -0.389. The number of hydrogen-bond donors (Lipinski definition) is 0. The summed E-state index contributed by atoms with van der Waals surface area (Å²) < 4.78 is 0. The SMILES string of the molecule is CCN(CCCCN1C(=O)c2ccccc2C1=O)c1ccc(N=Nc2sc([N+](=O)[O-])cc2[N+](=O)[O-])c(C)c1. The Balaban J connectivity index is 1.37. The smallest absolute Gasteiger partial charge is 0.333 e. The number of carbonyl (C=O) groups excluding carboxylic acids is 2. The summed E-state index contributed by atoms with van der Waals surface area (Å²) in [7, 11) is 0. The number of thiophene rings is 1. The molecule has 0 spiro atoms. The zero-order valence-electron chi connectivity index (χ0n) is 20.7. The van der Waals surface area contributed by atoms with Gasteiger partial charge in [-0.15, -0.1) is 10.2 Å². The first-order valence-electron chi connectivity index (χ1n) is 11.9. The molecule has 0 fully saturated rings. The van der Waals surface area contributed by atoms with Crippen LogP contribution in [0.15, 0.2) is 58.8 Å². The Labute approximate surface area is 221 Å². The van der Waals surface area contributed by atoms with Crippen LogP contribution in [0.3, 0.4) is 0 Å². The van der Waals surface area contributed by atoms with Crippen molar-refractivity contribution < 1.29 is 19.4 Å². The second kappa shape index (κ2) is 11.3. The number of carbonyl (C=O) groups is 2. The Morgan fingerprint density at radius 3 is 2.21 bits per heavy atom. The number of amides is 2. The van der Waals surface area contributed by atoms with Crippen molar-refractivity contribution in [1.82, 2.24) is 4.90 Å². The van der Waals surface area contributed by atoms with Gasteiger partial charge in [-0.05, 0) is 73.9 Å². The third kappa shape index (κ3) is 5.42. The molecule has 0 saturated heterocycles. The molecule has 4 rings (SSSR count). The number of anilines is 1. The highest BCUT2D eigenvalue weighted by Crippen LogP contribution is 2.42. The highest BCUT2D eigenvalue weighted by atomic mass is 32.1. The summed E-state index contributed by atoms with van der Waals surface area (Å²) in [5.41, 5.74) is 2.66. The molecule has 13 heteroatoms. The summed E-state index contributed by atoms with van der Waals surface area (Å²) in [5, 5.41) is 29.6. The monoisotopic (exact) mass is 536 g/mol. The van der Waals surface area contributed by atoms with Crippen molar-refractivity contribution in [3.8, 4) is 0 Å². The van der Waals surface area contributed by atoms with E-state index in [0.29, 0.717) is 47.7 Å². The Hall–Kier alpha value is -4.52. The maximum atomic E-state index is 12.5. The molecule has 1 aliphatic heterocycles. The average molecular weight is 537 g/mol. The van der Waals surface area contributed by atoms with Crippen molar-refractivity contribution >= 4 is 50.2 Å². The Bertz CT molecular complexity index is 1420. The van der Waals surface area contributed by atoms with Crippen LogP contribution >= 0.6 is 11.3 Å². The quantitative estimate of drug-likeness (QED) is 0.0931. The van der Waals surface area contributed by atoms with Crippen LogP contribution < -0.4 is 4.90 Å². The molecule has 0 radical (unpaired) electrons. The van der Waals surface area contributed by atoms with Gasteiger partial charge >= 0.3 is 10.7 Å². The van der Waals surface area contributed by atoms with Gasteiger partial charge in [0.1, 0.15) is 6.07 Å². The minimum atomic E-state index is -0.721. The fourth-order valence-corrected chi connectivity index (χ4v) is 4.95. The van der Waals surface area contributed by atoms with Crippen molar-refractivity contribution in [3.05, 3.63) is 85.4 Å². The molecular weight excluding hydrogens is 512 g/mol. The molecule has 1 aromatic heterocycles. The van der Waals surface area contributed by atoms with E-state index in [4.69, 9.17) is 0 Å². The van der Waals surface area contributed by atoms with Crippen LogP contribution in [0.25, 0.3) is 0 Å². The Kier molecular flexibility index (Phi) is 7.86. The van der Waals surface area contributed by atoms with Crippen LogP contribution in [0.5, 0.6) is 0 Å². The molecule has 12 nitrogen and oxygen atoms in total. The molecule has 0 atom stereocenters. The second-order valence-corrected chi connectivity index (χ2v) is 9.56. The van der Waals surface area contributed by atoms with Crippen LogP contribution in [0.1, 0.15) is 46.0 Å². The van der Waals surface area contributed by atoms with Gasteiger partial charge in [-0.3, -0.25) is 34.7 Å². The van der Waals surface area contributed by atoms with Gasteiger partial charge in [0.05, 0.1) is 26.7 Å². The minimum absolute atomic E-state index is 0.140. The lowest BCUT2D eigenvalue weighted by Gasteiger charge is -2.24. The molecule has 0 aliphatic carbocycles. The fraction of sp³-hybridized carbons (Fsp3) is 0.280. The van der Waals surface area contributed by atoms with Crippen LogP contribution in [-0.4, -0.2) is 46.2 Å². The number of rotatable bonds is 11. The van der Waals surface area contributed by atoms with E-state index in [-0.39, 0.29) is 21.8 Å². The summed E-state index contributed by atoms with van der Waals surface area (Å²) in [4.78, 5) is 49.3. The van der Waals surface area contributed by atoms with E-state index in [1.165, 1.54) is 4.90 Å². The van der Waals surface area contributed by atoms with Gasteiger partial charge in [0.15, 0.2) is 0 Å². The number of nitrogens with zero attached hydrogens (tertiary/aromatic N) is 6. The van der Waals surface area contributed by atoms with E-state index >= 15 is 0 Å². The van der Waals surface area contributed by atoms with Crippen LogP contribution in [0.4, 0.5) is 27.1 Å². The number of fused-ring (bicyclic) bond motifs is 1. The zero-order valence-corrected chi connectivity index (χ0v) is 21.5. The molecule has 196 valence electrons. The number of imide groups is 1. The first kappa shape index (κ1) is 26.5. The third-order valence-electron chi connectivity index (χ3n) is 6.17. The van der Waals surface area contributed by atoms with E-state index in [9.17, 15) is 29.8 Å². The number of unbranched alkanes of at least 4 members (excludes halogenated alkanes) is 1. The van der Waals surface area contributed by atoms with Gasteiger partial charge in [-0.2, -0.15) is 0 Å². The normalized spacial score (nSPS) is 12.8. The van der Waals surface area contributed by atoms with Gasteiger partial charge in [0.2, 0.25) is 5.00 Å². The van der Waals surface area contributed by atoms with E-state index < -0.39 is 15.5 Å². The van der Waals surface area contributed by atoms with Gasteiger partial charge in [0, 0.05) is 25.3 Å². The molecule has 0 N–H and O–H groups in total. The van der Waals surface area contributed by atoms with Crippen molar-refractivity contribution in [1.29, 1.82) is 0 Å².